The van der Waals surface area contributed by atoms with E-state index in [2.05, 4.69) is 60.4 Å². The van der Waals surface area contributed by atoms with Gasteiger partial charge in [-0.2, -0.15) is 0 Å². The maximum Gasteiger partial charge on any atom is 0.132 e. The summed E-state index contributed by atoms with van der Waals surface area (Å²) < 4.78 is 13.7. The fourth-order valence-corrected chi connectivity index (χ4v) is 8.41. The van der Waals surface area contributed by atoms with Gasteiger partial charge in [-0.05, 0) is 113 Å². The van der Waals surface area contributed by atoms with Gasteiger partial charge in [-0.15, -0.1) is 24.1 Å². The molecule has 0 aromatic heterocycles. The van der Waals surface area contributed by atoms with E-state index in [1.807, 2.05) is 17.8 Å². The Morgan fingerprint density at radius 1 is 1.22 bits per heavy atom. The molecule has 0 radical (unpaired) electrons. The number of ketones is 1. The summed E-state index contributed by atoms with van der Waals surface area (Å²) in [6, 6.07) is 5.98. The zero-order valence-corrected chi connectivity index (χ0v) is 28.7. The minimum atomic E-state index is -0.842. The van der Waals surface area contributed by atoms with E-state index < -0.39 is 6.17 Å². The van der Waals surface area contributed by atoms with Crippen LogP contribution in [0.5, 0.6) is 0 Å². The number of hydrogen-bond acceptors (Lipinski definition) is 5. The van der Waals surface area contributed by atoms with Crippen LogP contribution in [-0.2, 0) is 4.79 Å². The Bertz CT molecular complexity index is 1440. The number of rotatable bonds is 14. The maximum atomic E-state index is 13.7. The molecule has 0 N–H and O–H groups in total. The standard InChI is InChI=1S/C38H47ClFN3OS/c1-6-7-8-10-28(27(5)44)15-13-25(3)29-22-34-36(33-19-17-30(41-33)16-14-26(4)40)37(31-18-12-24(2)21-32(31)39)42-38(43(34)23-29)35-11-9-20-45-35/h1,9,12,17-21,25-26,28-30,35,37H,7-8,10-11,13-16,22-23H2,2-5H3/t25?,26?,28?,29-,30?,35?,37-/m0/s1. The number of aliphatic imine (C=N–C) groups is 2. The molecule has 7 heteroatoms. The average Bonchev–Trinajstić information content (AvgIpc) is 3.78. The number of terminal acetylenes is 1. The average molecular weight is 648 g/mol. The Morgan fingerprint density at radius 2 is 2.04 bits per heavy atom. The summed E-state index contributed by atoms with van der Waals surface area (Å²) in [5, 5.41) is 3.18. The molecule has 240 valence electrons. The molecule has 1 aromatic rings. The normalized spacial score (nSPS) is 26.0. The second-order valence-corrected chi connectivity index (χ2v) is 14.9. The van der Waals surface area contributed by atoms with Crippen LogP contribution in [0.2, 0.25) is 5.02 Å². The van der Waals surface area contributed by atoms with Crippen molar-refractivity contribution < 1.29 is 9.18 Å². The van der Waals surface area contributed by atoms with Gasteiger partial charge in [-0.25, -0.2) is 4.39 Å². The second kappa shape index (κ2) is 15.3. The lowest BCUT2D eigenvalue weighted by Gasteiger charge is -2.35. The topological polar surface area (TPSA) is 45.0 Å². The quantitative estimate of drug-likeness (QED) is 0.149. The van der Waals surface area contributed by atoms with E-state index >= 15 is 0 Å². The number of allylic oxidation sites excluding steroid dienone is 3. The van der Waals surface area contributed by atoms with E-state index in [4.69, 9.17) is 28.0 Å². The van der Waals surface area contributed by atoms with Gasteiger partial charge in [-0.3, -0.25) is 14.8 Å². The van der Waals surface area contributed by atoms with Gasteiger partial charge in [0, 0.05) is 35.2 Å². The number of amidine groups is 1. The summed E-state index contributed by atoms with van der Waals surface area (Å²) in [7, 11) is 0. The Morgan fingerprint density at radius 3 is 2.73 bits per heavy atom. The molecule has 0 aliphatic carbocycles. The van der Waals surface area contributed by atoms with Crippen LogP contribution in [0, 0.1) is 37.0 Å². The molecule has 1 aromatic carbocycles. The van der Waals surface area contributed by atoms with Gasteiger partial charge < -0.3 is 4.90 Å². The number of benzene rings is 1. The van der Waals surface area contributed by atoms with Gasteiger partial charge >= 0.3 is 0 Å². The maximum absolute atomic E-state index is 13.7. The number of hydrogen-bond donors (Lipinski definition) is 0. The highest BCUT2D eigenvalue weighted by atomic mass is 35.5. The number of carbonyl (C=O) groups is 1. The molecule has 0 saturated carbocycles. The van der Waals surface area contributed by atoms with E-state index in [1.54, 1.807) is 13.8 Å². The van der Waals surface area contributed by atoms with Crippen molar-refractivity contribution in [2.75, 3.05) is 6.54 Å². The largest absolute Gasteiger partial charge is 0.332 e. The summed E-state index contributed by atoms with van der Waals surface area (Å²) in [5.41, 5.74) is 5.50. The predicted molar refractivity (Wildman–Crippen MR) is 189 cm³/mol. The number of Topliss-reactive ketones (excluding diaryl/α,β-unsaturated/α-hetero) is 1. The minimum absolute atomic E-state index is 0.0250. The molecular formula is C38H47ClFN3OS. The van der Waals surface area contributed by atoms with Crippen LogP contribution in [-0.4, -0.2) is 46.2 Å². The van der Waals surface area contributed by atoms with E-state index in [0.29, 0.717) is 24.7 Å². The van der Waals surface area contributed by atoms with Gasteiger partial charge in [0.2, 0.25) is 0 Å². The van der Waals surface area contributed by atoms with Crippen molar-refractivity contribution in [1.29, 1.82) is 0 Å². The molecule has 7 atom stereocenters. The van der Waals surface area contributed by atoms with E-state index in [-0.39, 0.29) is 29.0 Å². The minimum Gasteiger partial charge on any atom is -0.332 e. The SMILES string of the molecule is C#CCCCC(CCC(C)[C@H]1CC2=C(C3=NC(CCC(C)F)C=C3)[C@H](c3ccc(C)cc3Cl)N=C(C3CC=CS3)N2C1)C(C)=O. The summed E-state index contributed by atoms with van der Waals surface area (Å²) in [4.78, 5) is 25.6. The first-order valence-electron chi connectivity index (χ1n) is 16.6. The third-order valence-electron chi connectivity index (χ3n) is 9.89. The molecule has 0 amide bonds. The smallest absolute Gasteiger partial charge is 0.132 e. The van der Waals surface area contributed by atoms with E-state index in [9.17, 15) is 9.18 Å². The fourth-order valence-electron chi connectivity index (χ4n) is 7.12. The zero-order chi connectivity index (χ0) is 32.1. The molecule has 5 rings (SSSR count). The predicted octanol–water partition coefficient (Wildman–Crippen LogP) is 9.64. The van der Waals surface area contributed by atoms with Crippen molar-refractivity contribution in [3.8, 4) is 12.3 Å². The molecule has 0 spiro atoms. The number of carbonyl (C=O) groups excluding carboxylic acids is 1. The number of thioether (sulfide) groups is 1. The van der Waals surface area contributed by atoms with Crippen molar-refractivity contribution in [2.45, 2.75) is 109 Å². The van der Waals surface area contributed by atoms with E-state index in [1.165, 1.54) is 5.70 Å². The van der Waals surface area contributed by atoms with Crippen LogP contribution in [0.15, 0.2) is 63.1 Å². The monoisotopic (exact) mass is 647 g/mol. The molecule has 0 bridgehead atoms. The molecule has 5 unspecified atom stereocenters. The third kappa shape index (κ3) is 8.03. The van der Waals surface area contributed by atoms with Gasteiger partial charge in [0.25, 0.3) is 0 Å². The van der Waals surface area contributed by atoms with Crippen molar-refractivity contribution in [2.24, 2.45) is 27.7 Å². The second-order valence-electron chi connectivity index (χ2n) is 13.3. The first-order valence-corrected chi connectivity index (χ1v) is 18.0. The van der Waals surface area contributed by atoms with Crippen LogP contribution in [0.4, 0.5) is 4.39 Å². The highest BCUT2D eigenvalue weighted by molar-refractivity contribution is 8.03. The van der Waals surface area contributed by atoms with Crippen LogP contribution in [0.1, 0.15) is 95.7 Å². The fraction of sp³-hybridized carbons (Fsp3) is 0.553. The lowest BCUT2D eigenvalue weighted by molar-refractivity contribution is -0.121. The molecular weight excluding hydrogens is 601 g/mol. The zero-order valence-electron chi connectivity index (χ0n) is 27.1. The van der Waals surface area contributed by atoms with Crippen LogP contribution >= 0.6 is 23.4 Å². The first-order chi connectivity index (χ1) is 21.7. The molecule has 4 nitrogen and oxygen atoms in total. The molecule has 4 aliphatic rings. The summed E-state index contributed by atoms with van der Waals surface area (Å²) in [6.07, 6.45) is 18.6. The molecule has 1 fully saturated rings. The number of unbranched alkanes of at least 4 members (excludes halogenated alkanes) is 1. The van der Waals surface area contributed by atoms with Gasteiger partial charge in [0.05, 0.1) is 23.2 Å². The number of aryl methyl sites for hydroxylation is 1. The molecule has 45 heavy (non-hydrogen) atoms. The number of halogens is 2. The van der Waals surface area contributed by atoms with Gasteiger partial charge in [-0.1, -0.05) is 42.8 Å². The molecule has 4 heterocycles. The summed E-state index contributed by atoms with van der Waals surface area (Å²) in [5.74, 6) is 5.06. The Kier molecular flexibility index (Phi) is 11.5. The lowest BCUT2D eigenvalue weighted by Crippen LogP contribution is -2.39. The van der Waals surface area contributed by atoms with Crippen molar-refractivity contribution in [1.82, 2.24) is 4.90 Å². The Hall–Kier alpha value is -2.62. The third-order valence-corrected chi connectivity index (χ3v) is 11.3. The van der Waals surface area contributed by atoms with Crippen LogP contribution < -0.4 is 0 Å². The lowest BCUT2D eigenvalue weighted by atomic mass is 9.83. The molecule has 1 saturated heterocycles. The Balaban J connectivity index is 1.49. The van der Waals surface area contributed by atoms with Gasteiger partial charge in [0.15, 0.2) is 0 Å². The number of fused-ring (bicyclic) bond motifs is 1. The van der Waals surface area contributed by atoms with Crippen molar-refractivity contribution in [3.05, 3.63) is 69.3 Å². The van der Waals surface area contributed by atoms with Crippen molar-refractivity contribution >= 4 is 40.7 Å². The van der Waals surface area contributed by atoms with Crippen molar-refractivity contribution in [3.63, 3.8) is 0 Å². The Labute approximate surface area is 278 Å². The summed E-state index contributed by atoms with van der Waals surface area (Å²) in [6.45, 7) is 8.65. The highest BCUT2D eigenvalue weighted by Gasteiger charge is 2.43. The number of nitrogens with zero attached hydrogens (tertiary/aromatic N) is 3. The molecule has 4 aliphatic heterocycles. The highest BCUT2D eigenvalue weighted by Crippen LogP contribution is 2.47. The first kappa shape index (κ1) is 33.7. The summed E-state index contributed by atoms with van der Waals surface area (Å²) >= 11 is 8.80. The van der Waals surface area contributed by atoms with Gasteiger partial charge in [0.1, 0.15) is 17.7 Å². The number of alkyl halides is 1. The van der Waals surface area contributed by atoms with E-state index in [0.717, 1.165) is 84.8 Å². The van der Waals surface area contributed by atoms with Crippen LogP contribution in [0.25, 0.3) is 0 Å². The van der Waals surface area contributed by atoms with Crippen LogP contribution in [0.3, 0.4) is 0 Å².